The average Bonchev–Trinajstić information content (AvgIpc) is 2.59. The van der Waals surface area contributed by atoms with Crippen LogP contribution in [0.15, 0.2) is 65.8 Å². The van der Waals surface area contributed by atoms with Crippen LogP contribution in [0.2, 0.25) is 0 Å². The molecule has 2 aromatic carbocycles. The van der Waals surface area contributed by atoms with E-state index in [1.807, 2.05) is 0 Å². The molecule has 0 unspecified atom stereocenters. The fourth-order valence-electron chi connectivity index (χ4n) is 1.85. The second-order valence-corrected chi connectivity index (χ2v) is 5.58. The van der Waals surface area contributed by atoms with E-state index in [0.29, 0.717) is 16.2 Å². The molecular formula is C18H12Cl2N2O3. The zero-order valence-electron chi connectivity index (χ0n) is 12.8. The monoisotopic (exact) mass is 374 g/mol. The van der Waals surface area contributed by atoms with Gasteiger partial charge >= 0.3 is 0 Å². The fraction of sp³-hybridized carbons (Fsp3) is 0. The van der Waals surface area contributed by atoms with E-state index < -0.39 is 10.5 Å². The topological polar surface area (TPSA) is 72.6 Å². The van der Waals surface area contributed by atoms with Gasteiger partial charge in [-0.3, -0.25) is 9.59 Å². The molecule has 0 aliphatic heterocycles. The van der Waals surface area contributed by atoms with Crippen LogP contribution in [0.1, 0.15) is 11.1 Å². The van der Waals surface area contributed by atoms with Gasteiger partial charge in [0.1, 0.15) is 5.69 Å². The van der Waals surface area contributed by atoms with Gasteiger partial charge in [0.15, 0.2) is 0 Å². The van der Waals surface area contributed by atoms with Gasteiger partial charge in [-0.2, -0.15) is 0 Å². The average molecular weight is 375 g/mol. The Kier molecular flexibility index (Phi) is 6.62. The van der Waals surface area contributed by atoms with Crippen molar-refractivity contribution >= 4 is 57.2 Å². The van der Waals surface area contributed by atoms with Crippen LogP contribution in [0.4, 0.5) is 11.4 Å². The third-order valence-electron chi connectivity index (χ3n) is 3.03. The summed E-state index contributed by atoms with van der Waals surface area (Å²) in [7, 11) is 0. The van der Waals surface area contributed by atoms with Crippen molar-refractivity contribution in [1.29, 1.82) is 0 Å². The lowest BCUT2D eigenvalue weighted by atomic mass is 10.2. The number of nitrogens with zero attached hydrogens (tertiary/aromatic N) is 2. The van der Waals surface area contributed by atoms with Crippen LogP contribution < -0.4 is 0 Å². The number of carbonyl (C=O) groups is 2. The fourth-order valence-corrected chi connectivity index (χ4v) is 1.98. The highest BCUT2D eigenvalue weighted by Crippen LogP contribution is 2.19. The van der Waals surface area contributed by atoms with Crippen molar-refractivity contribution in [3.63, 3.8) is 0 Å². The zero-order chi connectivity index (χ0) is 18.2. The van der Waals surface area contributed by atoms with Crippen molar-refractivity contribution in [1.82, 2.24) is 0 Å². The Morgan fingerprint density at radius 2 is 1.28 bits per heavy atom. The highest BCUT2D eigenvalue weighted by molar-refractivity contribution is 6.67. The van der Waals surface area contributed by atoms with Crippen molar-refractivity contribution < 1.29 is 14.4 Å². The molecule has 2 aromatic rings. The van der Waals surface area contributed by atoms with E-state index in [0.717, 1.165) is 11.1 Å². The zero-order valence-corrected chi connectivity index (χ0v) is 14.3. The van der Waals surface area contributed by atoms with E-state index in [9.17, 15) is 14.8 Å². The molecular weight excluding hydrogens is 363 g/mol. The van der Waals surface area contributed by atoms with Gasteiger partial charge in [0, 0.05) is 17.2 Å². The van der Waals surface area contributed by atoms with Crippen molar-refractivity contribution in [3.8, 4) is 0 Å². The number of halogens is 2. The SMILES string of the molecule is O=C(Cl)/C=C/c1ccc(N=[N+]([O-])c2ccc(/C=C/C(=O)Cl)cc2)cc1. The molecule has 0 aliphatic rings. The van der Waals surface area contributed by atoms with Crippen LogP contribution in [-0.2, 0) is 9.59 Å². The molecule has 0 aliphatic carbocycles. The molecule has 5 nitrogen and oxygen atoms in total. The van der Waals surface area contributed by atoms with Crippen LogP contribution in [0.25, 0.3) is 12.2 Å². The van der Waals surface area contributed by atoms with Gasteiger partial charge in [-0.1, -0.05) is 29.1 Å². The molecule has 0 aromatic heterocycles. The quantitative estimate of drug-likeness (QED) is 0.230. The number of allylic oxidation sites excluding steroid dienone is 2. The summed E-state index contributed by atoms with van der Waals surface area (Å²) in [6.07, 6.45) is 5.57. The predicted molar refractivity (Wildman–Crippen MR) is 98.0 cm³/mol. The molecule has 0 atom stereocenters. The van der Waals surface area contributed by atoms with E-state index in [1.165, 1.54) is 12.2 Å². The highest BCUT2D eigenvalue weighted by Gasteiger charge is 2.04. The van der Waals surface area contributed by atoms with Gasteiger partial charge in [-0.25, -0.2) is 0 Å². The van der Waals surface area contributed by atoms with Crippen molar-refractivity contribution in [2.24, 2.45) is 5.11 Å². The summed E-state index contributed by atoms with van der Waals surface area (Å²) in [4.78, 5) is 21.8. The molecule has 0 saturated carbocycles. The summed E-state index contributed by atoms with van der Waals surface area (Å²) < 4.78 is 0. The van der Waals surface area contributed by atoms with Crippen molar-refractivity contribution in [2.75, 3.05) is 0 Å². The van der Waals surface area contributed by atoms with Crippen LogP contribution in [0, 0.1) is 5.21 Å². The number of carbonyl (C=O) groups excluding carboxylic acids is 2. The molecule has 0 amide bonds. The van der Waals surface area contributed by atoms with E-state index >= 15 is 0 Å². The van der Waals surface area contributed by atoms with Crippen LogP contribution >= 0.6 is 23.2 Å². The molecule has 126 valence electrons. The summed E-state index contributed by atoms with van der Waals surface area (Å²) in [5.41, 5.74) is 2.29. The molecule has 7 heteroatoms. The van der Waals surface area contributed by atoms with E-state index in [2.05, 4.69) is 5.11 Å². The van der Waals surface area contributed by atoms with Crippen LogP contribution in [0.3, 0.4) is 0 Å². The number of rotatable bonds is 6. The minimum absolute atomic E-state index is 0.339. The van der Waals surface area contributed by atoms with E-state index in [1.54, 1.807) is 60.7 Å². The summed E-state index contributed by atoms with van der Waals surface area (Å²) in [6.45, 7) is 0. The van der Waals surface area contributed by atoms with Gasteiger partial charge in [0.2, 0.25) is 16.2 Å². The third kappa shape index (κ3) is 6.33. The number of benzene rings is 2. The highest BCUT2D eigenvalue weighted by atomic mass is 35.5. The maximum absolute atomic E-state index is 12.1. The normalized spacial score (nSPS) is 12.0. The smallest absolute Gasteiger partial charge is 0.245 e. The first-order valence-corrected chi connectivity index (χ1v) is 7.84. The molecule has 0 saturated heterocycles. The molecule has 0 spiro atoms. The summed E-state index contributed by atoms with van der Waals surface area (Å²) in [5.74, 6) is 0. The molecule has 0 N–H and O–H groups in total. The lowest BCUT2D eigenvalue weighted by Crippen LogP contribution is -1.90. The lowest BCUT2D eigenvalue weighted by molar-refractivity contribution is -0.435. The Balaban J connectivity index is 2.12. The minimum atomic E-state index is -0.571. The van der Waals surface area contributed by atoms with Crippen molar-refractivity contribution in [2.45, 2.75) is 0 Å². The second-order valence-electron chi connectivity index (χ2n) is 4.83. The lowest BCUT2D eigenvalue weighted by Gasteiger charge is -2.01. The molecule has 25 heavy (non-hydrogen) atoms. The summed E-state index contributed by atoms with van der Waals surface area (Å²) >= 11 is 10.4. The molecule has 0 fully saturated rings. The van der Waals surface area contributed by atoms with Gasteiger partial charge in [0.05, 0.1) is 0 Å². The summed E-state index contributed by atoms with van der Waals surface area (Å²) in [5, 5.41) is 14.9. The largest absolute Gasteiger partial charge is 0.594 e. The Hall–Kier alpha value is -2.76. The van der Waals surface area contributed by atoms with E-state index in [-0.39, 0.29) is 0 Å². The molecule has 0 heterocycles. The van der Waals surface area contributed by atoms with Crippen LogP contribution in [-0.4, -0.2) is 15.3 Å². The minimum Gasteiger partial charge on any atom is -0.594 e. The predicted octanol–water partition coefficient (Wildman–Crippen LogP) is 5.17. The third-order valence-corrected chi connectivity index (χ3v) is 3.28. The first kappa shape index (κ1) is 18.6. The van der Waals surface area contributed by atoms with Gasteiger partial charge in [-0.05, 0) is 70.7 Å². The summed E-state index contributed by atoms with van der Waals surface area (Å²) in [6, 6.07) is 13.2. The number of hydrogen-bond acceptors (Lipinski definition) is 4. The Morgan fingerprint density at radius 3 is 1.72 bits per heavy atom. The maximum atomic E-state index is 12.1. The van der Waals surface area contributed by atoms with E-state index in [4.69, 9.17) is 23.2 Å². The van der Waals surface area contributed by atoms with Gasteiger partial charge < -0.3 is 5.21 Å². The maximum Gasteiger partial charge on any atom is 0.245 e. The van der Waals surface area contributed by atoms with Crippen LogP contribution in [0.5, 0.6) is 0 Å². The first-order chi connectivity index (χ1) is 11.9. The Bertz CT molecular complexity index is 855. The van der Waals surface area contributed by atoms with Gasteiger partial charge in [0.25, 0.3) is 0 Å². The molecule has 0 radical (unpaired) electrons. The first-order valence-electron chi connectivity index (χ1n) is 7.08. The van der Waals surface area contributed by atoms with Gasteiger partial charge in [-0.15, -0.1) is 0 Å². The number of azo groups is 1. The van der Waals surface area contributed by atoms with Crippen molar-refractivity contribution in [3.05, 3.63) is 77.0 Å². The standard InChI is InChI=1S/C18H12Cl2N2O3/c19-17(23)11-5-13-1-7-15(8-2-13)21-22(25)16-9-3-14(4-10-16)6-12-18(20)24/h1-12H/b11-5+,12-6+,22-21?. The Morgan fingerprint density at radius 1 is 0.840 bits per heavy atom. The second kappa shape index (κ2) is 8.92. The molecule has 2 rings (SSSR count). The number of hydrogen-bond donors (Lipinski definition) is 0. The Labute approximate surface area is 154 Å². The molecule has 0 bridgehead atoms.